The predicted octanol–water partition coefficient (Wildman–Crippen LogP) is 1.51. The Labute approximate surface area is 131 Å². The predicted molar refractivity (Wildman–Crippen MR) is 82.7 cm³/mol. The lowest BCUT2D eigenvalue weighted by molar-refractivity contribution is -0.141. The number of carbonyl (C=O) groups excluding carboxylic acids is 1. The molecule has 0 aromatic rings. The zero-order valence-electron chi connectivity index (χ0n) is 13.4. The minimum atomic E-state index is -0.721. The van der Waals surface area contributed by atoms with Crippen molar-refractivity contribution in [1.29, 1.82) is 0 Å². The Balaban J connectivity index is 1.52. The first-order chi connectivity index (χ1) is 10.5. The smallest absolute Gasteiger partial charge is 0.320 e. The van der Waals surface area contributed by atoms with Gasteiger partial charge in [0.15, 0.2) is 0 Å². The standard InChI is InChI=1S/C16H27N3O3/c1-18-11-16(10-13(18)14(20)21)6-8-19(9-7-16)15(22)17-12-4-2-3-5-12/h12-13H,2-11H2,1H3,(H,17,22)(H,20,21)/t13-/m0/s1. The number of likely N-dealkylation sites (tertiary alicyclic amines) is 2. The molecule has 3 fully saturated rings. The maximum Gasteiger partial charge on any atom is 0.320 e. The first kappa shape index (κ1) is 15.6. The number of piperidine rings is 1. The van der Waals surface area contributed by atoms with Crippen LogP contribution in [0.2, 0.25) is 0 Å². The van der Waals surface area contributed by atoms with Crippen LogP contribution in [0.4, 0.5) is 4.79 Å². The molecule has 0 aromatic heterocycles. The summed E-state index contributed by atoms with van der Waals surface area (Å²) in [5.41, 5.74) is 0.0853. The van der Waals surface area contributed by atoms with Crippen LogP contribution in [0, 0.1) is 5.41 Å². The number of carbonyl (C=O) groups is 2. The van der Waals surface area contributed by atoms with Gasteiger partial charge in [0, 0.05) is 25.7 Å². The van der Waals surface area contributed by atoms with Gasteiger partial charge in [0.25, 0.3) is 0 Å². The summed E-state index contributed by atoms with van der Waals surface area (Å²) in [6.07, 6.45) is 7.20. The molecule has 6 nitrogen and oxygen atoms in total. The average Bonchev–Trinajstić information content (AvgIpc) is 3.08. The minimum Gasteiger partial charge on any atom is -0.480 e. The van der Waals surface area contributed by atoms with Gasteiger partial charge >= 0.3 is 12.0 Å². The fourth-order valence-corrected chi connectivity index (χ4v) is 4.43. The zero-order chi connectivity index (χ0) is 15.7. The molecule has 2 saturated heterocycles. The van der Waals surface area contributed by atoms with E-state index in [9.17, 15) is 14.7 Å². The Hall–Kier alpha value is -1.30. The van der Waals surface area contributed by atoms with Crippen LogP contribution in [0.3, 0.4) is 0 Å². The van der Waals surface area contributed by atoms with Crippen molar-refractivity contribution in [3.05, 3.63) is 0 Å². The fraction of sp³-hybridized carbons (Fsp3) is 0.875. The molecule has 0 radical (unpaired) electrons. The Morgan fingerprint density at radius 2 is 1.82 bits per heavy atom. The molecule has 1 saturated carbocycles. The molecular weight excluding hydrogens is 282 g/mol. The van der Waals surface area contributed by atoms with Crippen LogP contribution in [0.1, 0.15) is 44.9 Å². The summed E-state index contributed by atoms with van der Waals surface area (Å²) in [5.74, 6) is -0.721. The monoisotopic (exact) mass is 309 g/mol. The molecule has 2 amide bonds. The van der Waals surface area contributed by atoms with Crippen molar-refractivity contribution >= 4 is 12.0 Å². The van der Waals surface area contributed by atoms with E-state index in [1.807, 2.05) is 16.8 Å². The van der Waals surface area contributed by atoms with E-state index in [-0.39, 0.29) is 17.5 Å². The van der Waals surface area contributed by atoms with Gasteiger partial charge in [0.05, 0.1) is 0 Å². The Kier molecular flexibility index (Phi) is 4.30. The second-order valence-corrected chi connectivity index (χ2v) is 7.39. The topological polar surface area (TPSA) is 72.9 Å². The number of amides is 2. The van der Waals surface area contributed by atoms with Crippen LogP contribution in [-0.2, 0) is 4.79 Å². The number of hydrogen-bond acceptors (Lipinski definition) is 3. The molecule has 22 heavy (non-hydrogen) atoms. The first-order valence-corrected chi connectivity index (χ1v) is 8.48. The molecule has 1 atom stereocenters. The van der Waals surface area contributed by atoms with E-state index in [0.29, 0.717) is 6.04 Å². The number of nitrogens with zero attached hydrogens (tertiary/aromatic N) is 2. The summed E-state index contributed by atoms with van der Waals surface area (Å²) in [7, 11) is 1.90. The molecule has 124 valence electrons. The van der Waals surface area contributed by atoms with Crippen LogP contribution >= 0.6 is 0 Å². The average molecular weight is 309 g/mol. The Morgan fingerprint density at radius 1 is 1.18 bits per heavy atom. The van der Waals surface area contributed by atoms with Crippen molar-refractivity contribution in [3.63, 3.8) is 0 Å². The second kappa shape index (κ2) is 6.07. The SMILES string of the molecule is CN1CC2(CCN(C(=O)NC3CCCC3)CC2)C[C@H]1C(=O)O. The maximum atomic E-state index is 12.3. The van der Waals surface area contributed by atoms with Gasteiger partial charge in [0.1, 0.15) is 6.04 Å². The molecule has 2 heterocycles. The molecule has 0 unspecified atom stereocenters. The summed E-state index contributed by atoms with van der Waals surface area (Å²) in [6.45, 7) is 2.33. The van der Waals surface area contributed by atoms with Crippen molar-refractivity contribution in [2.24, 2.45) is 5.41 Å². The van der Waals surface area contributed by atoms with E-state index >= 15 is 0 Å². The third-order valence-corrected chi connectivity index (χ3v) is 5.82. The number of carboxylic acids is 1. The number of likely N-dealkylation sites (N-methyl/N-ethyl adjacent to an activating group) is 1. The molecule has 0 bridgehead atoms. The summed E-state index contributed by atoms with van der Waals surface area (Å²) >= 11 is 0. The van der Waals surface area contributed by atoms with Crippen LogP contribution in [0.15, 0.2) is 0 Å². The van der Waals surface area contributed by atoms with Gasteiger partial charge in [-0.3, -0.25) is 9.69 Å². The highest BCUT2D eigenvalue weighted by atomic mass is 16.4. The summed E-state index contributed by atoms with van der Waals surface area (Å²) in [4.78, 5) is 27.5. The van der Waals surface area contributed by atoms with E-state index in [1.54, 1.807) is 0 Å². The van der Waals surface area contributed by atoms with Gasteiger partial charge in [-0.05, 0) is 44.6 Å². The maximum absolute atomic E-state index is 12.3. The number of urea groups is 1. The van der Waals surface area contributed by atoms with Crippen molar-refractivity contribution in [3.8, 4) is 0 Å². The summed E-state index contributed by atoms with van der Waals surface area (Å²) in [6, 6.07) is 0.0687. The lowest BCUT2D eigenvalue weighted by atomic mass is 9.76. The number of nitrogens with one attached hydrogen (secondary N) is 1. The van der Waals surface area contributed by atoms with Gasteiger partial charge in [-0.15, -0.1) is 0 Å². The molecule has 3 aliphatic rings. The van der Waals surface area contributed by atoms with Gasteiger partial charge in [-0.25, -0.2) is 4.79 Å². The normalized spacial score (nSPS) is 29.1. The van der Waals surface area contributed by atoms with Gasteiger partial charge in [0.2, 0.25) is 0 Å². The molecule has 2 aliphatic heterocycles. The Morgan fingerprint density at radius 3 is 2.36 bits per heavy atom. The van der Waals surface area contributed by atoms with E-state index < -0.39 is 5.97 Å². The number of rotatable bonds is 2. The first-order valence-electron chi connectivity index (χ1n) is 8.48. The van der Waals surface area contributed by atoms with Crippen molar-refractivity contribution in [1.82, 2.24) is 15.1 Å². The molecule has 3 rings (SSSR count). The number of aliphatic carboxylic acids is 1. The largest absolute Gasteiger partial charge is 0.480 e. The van der Waals surface area contributed by atoms with Gasteiger partial charge < -0.3 is 15.3 Å². The lowest BCUT2D eigenvalue weighted by Gasteiger charge is -2.39. The molecule has 2 N–H and O–H groups in total. The highest BCUT2D eigenvalue weighted by molar-refractivity contribution is 5.75. The van der Waals surface area contributed by atoms with E-state index in [2.05, 4.69) is 5.32 Å². The van der Waals surface area contributed by atoms with Crippen LogP contribution < -0.4 is 5.32 Å². The number of hydrogen-bond donors (Lipinski definition) is 2. The fourth-order valence-electron chi connectivity index (χ4n) is 4.43. The molecule has 6 heteroatoms. The van der Waals surface area contributed by atoms with Crippen molar-refractivity contribution in [2.75, 3.05) is 26.7 Å². The third-order valence-electron chi connectivity index (χ3n) is 5.82. The van der Waals surface area contributed by atoms with Gasteiger partial charge in [-0.2, -0.15) is 0 Å². The van der Waals surface area contributed by atoms with Crippen LogP contribution in [-0.4, -0.2) is 65.7 Å². The highest BCUT2D eigenvalue weighted by Crippen LogP contribution is 2.42. The molecular formula is C16H27N3O3. The summed E-state index contributed by atoms with van der Waals surface area (Å²) < 4.78 is 0. The van der Waals surface area contributed by atoms with E-state index in [1.165, 1.54) is 12.8 Å². The molecule has 1 spiro atoms. The lowest BCUT2D eigenvalue weighted by Crippen LogP contribution is -2.49. The van der Waals surface area contributed by atoms with Crippen LogP contribution in [0.5, 0.6) is 0 Å². The molecule has 1 aliphatic carbocycles. The summed E-state index contributed by atoms with van der Waals surface area (Å²) in [5, 5.41) is 12.4. The highest BCUT2D eigenvalue weighted by Gasteiger charge is 2.47. The number of carboxylic acid groups (broad SMARTS) is 1. The quantitative estimate of drug-likeness (QED) is 0.811. The van der Waals surface area contributed by atoms with Crippen molar-refractivity contribution < 1.29 is 14.7 Å². The minimum absolute atomic E-state index is 0.0721. The molecule has 0 aromatic carbocycles. The van der Waals surface area contributed by atoms with E-state index in [0.717, 1.165) is 51.7 Å². The van der Waals surface area contributed by atoms with Crippen molar-refractivity contribution in [2.45, 2.75) is 57.0 Å². The van der Waals surface area contributed by atoms with Crippen LogP contribution in [0.25, 0.3) is 0 Å². The third kappa shape index (κ3) is 3.07. The zero-order valence-corrected chi connectivity index (χ0v) is 13.4. The second-order valence-electron chi connectivity index (χ2n) is 7.39. The van der Waals surface area contributed by atoms with E-state index in [4.69, 9.17) is 0 Å². The van der Waals surface area contributed by atoms with Gasteiger partial charge in [-0.1, -0.05) is 12.8 Å². The Bertz CT molecular complexity index is 440.